The summed E-state index contributed by atoms with van der Waals surface area (Å²) in [4.78, 5) is 11.5. The van der Waals surface area contributed by atoms with Gasteiger partial charge in [-0.05, 0) is 18.6 Å². The van der Waals surface area contributed by atoms with Gasteiger partial charge in [-0.15, -0.1) is 5.10 Å². The van der Waals surface area contributed by atoms with Crippen LogP contribution < -0.4 is 5.32 Å². The van der Waals surface area contributed by atoms with Gasteiger partial charge in [0.15, 0.2) is 5.15 Å². The molecule has 2 rings (SSSR count). The molecule has 2 N–H and O–H groups in total. The van der Waals surface area contributed by atoms with Crippen molar-refractivity contribution in [2.75, 3.05) is 6.61 Å². The van der Waals surface area contributed by atoms with E-state index in [1.165, 1.54) is 0 Å². The molecule has 5 nitrogen and oxygen atoms in total. The van der Waals surface area contributed by atoms with Gasteiger partial charge < -0.3 is 10.4 Å². The standard InChI is InChI=1S/C9H10ClN3O2/c10-8-2-1-7(12-13-8)6-3-5(4-14)11-9(6)15/h1-2,5-6,14H,3-4H2,(H,11,15). The summed E-state index contributed by atoms with van der Waals surface area (Å²) in [6.45, 7) is -0.0523. The molecule has 2 unspecified atom stereocenters. The molecule has 6 heteroatoms. The molecule has 2 atom stereocenters. The first-order valence-corrected chi connectivity index (χ1v) is 4.99. The summed E-state index contributed by atoms with van der Waals surface area (Å²) in [5.41, 5.74) is 0.591. The predicted molar refractivity (Wildman–Crippen MR) is 53.4 cm³/mol. The summed E-state index contributed by atoms with van der Waals surface area (Å²) in [6, 6.07) is 3.10. The van der Waals surface area contributed by atoms with Gasteiger partial charge in [-0.3, -0.25) is 4.79 Å². The van der Waals surface area contributed by atoms with Gasteiger partial charge in [0.05, 0.1) is 24.3 Å². The second-order valence-corrected chi connectivity index (χ2v) is 3.84. The molecular formula is C9H10ClN3O2. The second-order valence-electron chi connectivity index (χ2n) is 3.46. The Morgan fingerprint density at radius 1 is 1.53 bits per heavy atom. The van der Waals surface area contributed by atoms with Crippen LogP contribution in [0.25, 0.3) is 0 Å². The van der Waals surface area contributed by atoms with E-state index in [0.717, 1.165) is 0 Å². The van der Waals surface area contributed by atoms with Crippen LogP contribution in [0.3, 0.4) is 0 Å². The van der Waals surface area contributed by atoms with E-state index in [4.69, 9.17) is 16.7 Å². The normalized spacial score (nSPS) is 25.3. The second kappa shape index (κ2) is 4.12. The van der Waals surface area contributed by atoms with Crippen molar-refractivity contribution in [3.05, 3.63) is 23.0 Å². The molecule has 2 heterocycles. The van der Waals surface area contributed by atoms with Crippen LogP contribution in [0.4, 0.5) is 0 Å². The summed E-state index contributed by atoms with van der Waals surface area (Å²) >= 11 is 5.60. The summed E-state index contributed by atoms with van der Waals surface area (Å²) in [5, 5.41) is 19.4. The number of aliphatic hydroxyl groups excluding tert-OH is 1. The highest BCUT2D eigenvalue weighted by Gasteiger charge is 2.33. The summed E-state index contributed by atoms with van der Waals surface area (Å²) in [6.07, 6.45) is 0.547. The van der Waals surface area contributed by atoms with Crippen molar-refractivity contribution in [1.29, 1.82) is 0 Å². The fraction of sp³-hybridized carbons (Fsp3) is 0.444. The van der Waals surface area contributed by atoms with Crippen LogP contribution in [0.1, 0.15) is 18.0 Å². The van der Waals surface area contributed by atoms with E-state index in [1.807, 2.05) is 0 Å². The summed E-state index contributed by atoms with van der Waals surface area (Å²) in [7, 11) is 0. The lowest BCUT2D eigenvalue weighted by Crippen LogP contribution is -2.28. The maximum absolute atomic E-state index is 11.5. The number of carbonyl (C=O) groups excluding carboxylic acids is 1. The number of rotatable bonds is 2. The third-order valence-electron chi connectivity index (χ3n) is 2.41. The Morgan fingerprint density at radius 3 is 2.87 bits per heavy atom. The number of aliphatic hydroxyl groups is 1. The fourth-order valence-electron chi connectivity index (χ4n) is 1.64. The van der Waals surface area contributed by atoms with E-state index in [0.29, 0.717) is 17.3 Å². The largest absolute Gasteiger partial charge is 0.394 e. The molecule has 0 bridgehead atoms. The Kier molecular flexibility index (Phi) is 2.83. The van der Waals surface area contributed by atoms with Crippen LogP contribution >= 0.6 is 11.6 Å². The average molecular weight is 228 g/mol. The zero-order valence-electron chi connectivity index (χ0n) is 7.85. The molecule has 0 aliphatic carbocycles. The number of hydrogen-bond donors (Lipinski definition) is 2. The van der Waals surface area contributed by atoms with Crippen LogP contribution in [-0.4, -0.2) is 33.9 Å². The van der Waals surface area contributed by atoms with E-state index in [2.05, 4.69) is 15.5 Å². The predicted octanol–water partition coefficient (Wildman–Crippen LogP) is 0.0944. The number of halogens is 1. The van der Waals surface area contributed by atoms with Gasteiger partial charge in [0.2, 0.25) is 5.91 Å². The smallest absolute Gasteiger partial charge is 0.229 e. The lowest BCUT2D eigenvalue weighted by Gasteiger charge is -2.04. The number of nitrogens with zero attached hydrogens (tertiary/aromatic N) is 2. The lowest BCUT2D eigenvalue weighted by atomic mass is 10.0. The van der Waals surface area contributed by atoms with Crippen molar-refractivity contribution in [3.63, 3.8) is 0 Å². The third kappa shape index (κ3) is 2.08. The number of hydrogen-bond acceptors (Lipinski definition) is 4. The highest BCUT2D eigenvalue weighted by molar-refractivity contribution is 6.29. The van der Waals surface area contributed by atoms with Crippen molar-refractivity contribution in [1.82, 2.24) is 15.5 Å². The number of carbonyl (C=O) groups is 1. The van der Waals surface area contributed by atoms with Crippen LogP contribution in [0.2, 0.25) is 5.15 Å². The highest BCUT2D eigenvalue weighted by Crippen LogP contribution is 2.25. The van der Waals surface area contributed by atoms with Crippen molar-refractivity contribution >= 4 is 17.5 Å². The Hall–Kier alpha value is -1.20. The molecule has 0 radical (unpaired) electrons. The molecule has 1 fully saturated rings. The van der Waals surface area contributed by atoms with E-state index < -0.39 is 0 Å². The van der Waals surface area contributed by atoms with Gasteiger partial charge in [-0.2, -0.15) is 5.10 Å². The van der Waals surface area contributed by atoms with Crippen molar-refractivity contribution in [3.8, 4) is 0 Å². The first-order chi connectivity index (χ1) is 7.20. The molecule has 80 valence electrons. The maximum atomic E-state index is 11.5. The Bertz CT molecular complexity index is 368. The van der Waals surface area contributed by atoms with Gasteiger partial charge in [0.1, 0.15) is 0 Å². The minimum absolute atomic E-state index is 0.0523. The van der Waals surface area contributed by atoms with Gasteiger partial charge in [-0.1, -0.05) is 11.6 Å². The molecule has 1 aliphatic heterocycles. The highest BCUT2D eigenvalue weighted by atomic mass is 35.5. The first-order valence-electron chi connectivity index (χ1n) is 4.61. The SMILES string of the molecule is O=C1NC(CO)CC1c1ccc(Cl)nn1. The zero-order chi connectivity index (χ0) is 10.8. The molecular weight excluding hydrogens is 218 g/mol. The van der Waals surface area contributed by atoms with Crippen molar-refractivity contribution < 1.29 is 9.90 Å². The lowest BCUT2D eigenvalue weighted by molar-refractivity contribution is -0.120. The Balaban J connectivity index is 2.18. The summed E-state index contributed by atoms with van der Waals surface area (Å²) < 4.78 is 0. The van der Waals surface area contributed by atoms with E-state index in [-0.39, 0.29) is 24.5 Å². The van der Waals surface area contributed by atoms with E-state index >= 15 is 0 Å². The van der Waals surface area contributed by atoms with E-state index in [1.54, 1.807) is 12.1 Å². The molecule has 1 saturated heterocycles. The molecule has 0 aromatic carbocycles. The molecule has 1 aliphatic rings. The number of nitrogens with one attached hydrogen (secondary N) is 1. The summed E-state index contributed by atoms with van der Waals surface area (Å²) in [5.74, 6) is -0.447. The monoisotopic (exact) mass is 227 g/mol. The van der Waals surface area contributed by atoms with Gasteiger partial charge in [-0.25, -0.2) is 0 Å². The molecule has 1 aromatic heterocycles. The number of amides is 1. The van der Waals surface area contributed by atoms with Crippen LogP contribution in [0.5, 0.6) is 0 Å². The van der Waals surface area contributed by atoms with Crippen LogP contribution in [-0.2, 0) is 4.79 Å². The van der Waals surface area contributed by atoms with Gasteiger partial charge >= 0.3 is 0 Å². The topological polar surface area (TPSA) is 75.1 Å². The Morgan fingerprint density at radius 2 is 2.33 bits per heavy atom. The maximum Gasteiger partial charge on any atom is 0.229 e. The molecule has 1 amide bonds. The minimum Gasteiger partial charge on any atom is -0.394 e. The Labute approximate surface area is 91.5 Å². The van der Waals surface area contributed by atoms with Crippen LogP contribution in [0, 0.1) is 0 Å². The van der Waals surface area contributed by atoms with Gasteiger partial charge in [0.25, 0.3) is 0 Å². The average Bonchev–Trinajstić information content (AvgIpc) is 2.61. The third-order valence-corrected chi connectivity index (χ3v) is 2.61. The van der Waals surface area contributed by atoms with E-state index in [9.17, 15) is 4.79 Å². The fourth-order valence-corrected chi connectivity index (χ4v) is 1.74. The minimum atomic E-state index is -0.327. The van der Waals surface area contributed by atoms with Crippen molar-refractivity contribution in [2.45, 2.75) is 18.4 Å². The first kappa shape index (κ1) is 10.3. The van der Waals surface area contributed by atoms with Gasteiger partial charge in [0, 0.05) is 0 Å². The quantitative estimate of drug-likeness (QED) is 0.751. The number of aromatic nitrogens is 2. The molecule has 1 aromatic rings. The van der Waals surface area contributed by atoms with Crippen molar-refractivity contribution in [2.24, 2.45) is 0 Å². The molecule has 15 heavy (non-hydrogen) atoms. The molecule has 0 spiro atoms. The zero-order valence-corrected chi connectivity index (χ0v) is 8.61. The van der Waals surface area contributed by atoms with Crippen LogP contribution in [0.15, 0.2) is 12.1 Å². The molecule has 0 saturated carbocycles.